The highest BCUT2D eigenvalue weighted by atomic mass is 19.1. The van der Waals surface area contributed by atoms with Crippen LogP contribution in [0.2, 0.25) is 0 Å². The molecule has 0 N–H and O–H groups in total. The van der Waals surface area contributed by atoms with Crippen LogP contribution in [0.25, 0.3) is 0 Å². The Bertz CT molecular complexity index is 949. The summed E-state index contributed by atoms with van der Waals surface area (Å²) in [7, 11) is 3.28. The second-order valence-electron chi connectivity index (χ2n) is 9.29. The van der Waals surface area contributed by atoms with Gasteiger partial charge in [-0.3, -0.25) is 9.69 Å². The zero-order chi connectivity index (χ0) is 23.3. The van der Waals surface area contributed by atoms with Crippen molar-refractivity contribution in [2.45, 2.75) is 57.0 Å². The fourth-order valence-electron chi connectivity index (χ4n) is 5.50. The molecular weight excluding hydrogens is 419 g/mol. The molecule has 1 amide bonds. The fourth-order valence-corrected chi connectivity index (χ4v) is 5.50. The van der Waals surface area contributed by atoms with Gasteiger partial charge in [-0.25, -0.2) is 4.39 Å². The number of halogens is 1. The Balaban J connectivity index is 1.35. The Morgan fingerprint density at radius 1 is 0.970 bits per heavy atom. The minimum Gasteiger partial charge on any atom is -0.497 e. The molecule has 1 spiro atoms. The lowest BCUT2D eigenvalue weighted by atomic mass is 9.87. The van der Waals surface area contributed by atoms with Crippen LogP contribution >= 0.6 is 0 Å². The van der Waals surface area contributed by atoms with Crippen molar-refractivity contribution < 1.29 is 18.7 Å². The van der Waals surface area contributed by atoms with Crippen LogP contribution in [0, 0.1) is 5.82 Å². The van der Waals surface area contributed by atoms with Crippen LogP contribution in [0.4, 0.5) is 4.39 Å². The summed E-state index contributed by atoms with van der Waals surface area (Å²) >= 11 is 0. The minimum absolute atomic E-state index is 0.155. The van der Waals surface area contributed by atoms with E-state index in [0.29, 0.717) is 12.8 Å². The normalized spacial score (nSPS) is 21.2. The first-order valence-electron chi connectivity index (χ1n) is 12.0. The van der Waals surface area contributed by atoms with Crippen LogP contribution in [0.1, 0.15) is 49.7 Å². The summed E-state index contributed by atoms with van der Waals surface area (Å²) in [5.41, 5.74) is 2.34. The van der Waals surface area contributed by atoms with Gasteiger partial charge in [0.2, 0.25) is 5.91 Å². The highest BCUT2D eigenvalue weighted by Crippen LogP contribution is 2.39. The van der Waals surface area contributed by atoms with E-state index in [4.69, 9.17) is 9.47 Å². The first-order valence-corrected chi connectivity index (χ1v) is 12.0. The first-order chi connectivity index (χ1) is 16.0. The molecule has 1 atom stereocenters. The molecule has 2 aromatic carbocycles. The first kappa shape index (κ1) is 23.6. The van der Waals surface area contributed by atoms with Gasteiger partial charge in [-0.05, 0) is 74.4 Å². The van der Waals surface area contributed by atoms with Crippen LogP contribution in [-0.2, 0) is 17.8 Å². The Morgan fingerprint density at radius 2 is 1.73 bits per heavy atom. The number of nitrogens with zero attached hydrogens (tertiary/aromatic N) is 2. The van der Waals surface area contributed by atoms with E-state index >= 15 is 0 Å². The second kappa shape index (κ2) is 10.6. The Morgan fingerprint density at radius 3 is 2.45 bits per heavy atom. The van der Waals surface area contributed by atoms with Gasteiger partial charge >= 0.3 is 0 Å². The SMILES string of the molecule is COc1ccc(CCC(=O)N2CCC[C@@]3(CCCN3Cc3ccc(F)cc3)CC2)c(OC)c1. The maximum absolute atomic E-state index is 13.3. The molecule has 2 aromatic rings. The number of amides is 1. The number of carbonyl (C=O) groups excluding carboxylic acids is 1. The molecule has 0 radical (unpaired) electrons. The van der Waals surface area contributed by atoms with Crippen molar-refractivity contribution in [1.29, 1.82) is 0 Å². The molecule has 6 heteroatoms. The van der Waals surface area contributed by atoms with Crippen molar-refractivity contribution in [3.05, 3.63) is 59.4 Å². The molecule has 2 aliphatic heterocycles. The molecular formula is C27H35FN2O3. The number of aryl methyl sites for hydroxylation is 1. The van der Waals surface area contributed by atoms with Crippen molar-refractivity contribution in [2.24, 2.45) is 0 Å². The molecule has 2 heterocycles. The van der Waals surface area contributed by atoms with Crippen LogP contribution in [-0.4, -0.2) is 55.1 Å². The molecule has 0 aromatic heterocycles. The lowest BCUT2D eigenvalue weighted by Gasteiger charge is -2.38. The van der Waals surface area contributed by atoms with Gasteiger partial charge in [0.1, 0.15) is 17.3 Å². The largest absolute Gasteiger partial charge is 0.497 e. The van der Waals surface area contributed by atoms with E-state index in [-0.39, 0.29) is 17.3 Å². The topological polar surface area (TPSA) is 42.0 Å². The van der Waals surface area contributed by atoms with Gasteiger partial charge in [-0.15, -0.1) is 0 Å². The monoisotopic (exact) mass is 454 g/mol. The summed E-state index contributed by atoms with van der Waals surface area (Å²) in [5, 5.41) is 0. The van der Waals surface area contributed by atoms with Crippen molar-refractivity contribution in [2.75, 3.05) is 33.9 Å². The van der Waals surface area contributed by atoms with Gasteiger partial charge < -0.3 is 14.4 Å². The molecule has 2 saturated heterocycles. The second-order valence-corrected chi connectivity index (χ2v) is 9.29. The average molecular weight is 455 g/mol. The predicted octanol–water partition coefficient (Wildman–Crippen LogP) is 4.82. The summed E-state index contributed by atoms with van der Waals surface area (Å²) in [6, 6.07) is 12.6. The van der Waals surface area contributed by atoms with E-state index in [9.17, 15) is 9.18 Å². The molecule has 2 aliphatic rings. The Hall–Kier alpha value is -2.60. The highest BCUT2D eigenvalue weighted by Gasteiger charge is 2.41. The number of hydrogen-bond acceptors (Lipinski definition) is 4. The number of likely N-dealkylation sites (tertiary alicyclic amines) is 2. The molecule has 0 bridgehead atoms. The van der Waals surface area contributed by atoms with E-state index in [1.165, 1.54) is 12.8 Å². The smallest absolute Gasteiger partial charge is 0.222 e. The summed E-state index contributed by atoms with van der Waals surface area (Å²) in [4.78, 5) is 17.7. The zero-order valence-electron chi connectivity index (χ0n) is 19.8. The van der Waals surface area contributed by atoms with Gasteiger partial charge in [0.05, 0.1) is 14.2 Å². The summed E-state index contributed by atoms with van der Waals surface area (Å²) in [5.74, 6) is 1.54. The van der Waals surface area contributed by atoms with Crippen molar-refractivity contribution in [1.82, 2.24) is 9.80 Å². The van der Waals surface area contributed by atoms with Crippen molar-refractivity contribution >= 4 is 5.91 Å². The van der Waals surface area contributed by atoms with Crippen LogP contribution in [0.3, 0.4) is 0 Å². The number of ether oxygens (including phenoxy) is 2. The zero-order valence-corrected chi connectivity index (χ0v) is 19.8. The number of rotatable bonds is 7. The third-order valence-electron chi connectivity index (χ3n) is 7.40. The molecule has 5 nitrogen and oxygen atoms in total. The fraction of sp³-hybridized carbons (Fsp3) is 0.519. The summed E-state index contributed by atoms with van der Waals surface area (Å²) < 4.78 is 24.1. The van der Waals surface area contributed by atoms with Crippen molar-refractivity contribution in [3.8, 4) is 11.5 Å². The number of benzene rings is 2. The number of methoxy groups -OCH3 is 2. The van der Waals surface area contributed by atoms with Gasteiger partial charge in [0.25, 0.3) is 0 Å². The highest BCUT2D eigenvalue weighted by molar-refractivity contribution is 5.76. The maximum Gasteiger partial charge on any atom is 0.222 e. The van der Waals surface area contributed by atoms with Gasteiger partial charge in [0, 0.05) is 37.7 Å². The van der Waals surface area contributed by atoms with Crippen LogP contribution in [0.5, 0.6) is 11.5 Å². The van der Waals surface area contributed by atoms with E-state index < -0.39 is 0 Å². The molecule has 0 unspecified atom stereocenters. The van der Waals surface area contributed by atoms with Gasteiger partial charge in [-0.1, -0.05) is 18.2 Å². The number of carbonyl (C=O) groups is 1. The molecule has 0 saturated carbocycles. The lowest BCUT2D eigenvalue weighted by Crippen LogP contribution is -2.44. The minimum atomic E-state index is -0.189. The van der Waals surface area contributed by atoms with Crippen LogP contribution < -0.4 is 9.47 Å². The third-order valence-corrected chi connectivity index (χ3v) is 7.40. The van der Waals surface area contributed by atoms with Gasteiger partial charge in [-0.2, -0.15) is 0 Å². The van der Waals surface area contributed by atoms with Gasteiger partial charge in [0.15, 0.2) is 0 Å². The quantitative estimate of drug-likeness (QED) is 0.601. The summed E-state index contributed by atoms with van der Waals surface area (Å²) in [6.07, 6.45) is 6.65. The number of hydrogen-bond donors (Lipinski definition) is 0. The summed E-state index contributed by atoms with van der Waals surface area (Å²) in [6.45, 7) is 3.55. The van der Waals surface area contributed by atoms with Crippen molar-refractivity contribution in [3.63, 3.8) is 0 Å². The predicted molar refractivity (Wildman–Crippen MR) is 127 cm³/mol. The molecule has 33 heavy (non-hydrogen) atoms. The molecule has 0 aliphatic carbocycles. The van der Waals surface area contributed by atoms with Crippen LogP contribution in [0.15, 0.2) is 42.5 Å². The standard InChI is InChI=1S/C27H35FN2O3/c1-32-24-11-7-22(25(19-24)33-2)8-12-26(31)29-16-3-13-27(15-18-29)14-4-17-30(27)20-21-5-9-23(28)10-6-21/h5-7,9-11,19H,3-4,8,12-18,20H2,1-2H3/t27-/m1/s1. The van der Waals surface area contributed by atoms with E-state index in [2.05, 4.69) is 9.80 Å². The van der Waals surface area contributed by atoms with E-state index in [0.717, 1.165) is 68.1 Å². The Labute approximate surface area is 196 Å². The molecule has 4 rings (SSSR count). The lowest BCUT2D eigenvalue weighted by molar-refractivity contribution is -0.131. The average Bonchev–Trinajstić information content (AvgIpc) is 3.08. The molecule has 2 fully saturated rings. The van der Waals surface area contributed by atoms with E-state index in [1.807, 2.05) is 30.3 Å². The maximum atomic E-state index is 13.3. The van der Waals surface area contributed by atoms with E-state index in [1.54, 1.807) is 26.4 Å². The Kier molecular flexibility index (Phi) is 7.53. The molecule has 178 valence electrons. The third kappa shape index (κ3) is 5.49.